The second kappa shape index (κ2) is 6.71. The molecular formula is C13H17Cl2NO4S. The molecule has 0 spiro atoms. The minimum Gasteiger partial charge on any atom is -0.485 e. The molecule has 1 aliphatic rings. The van der Waals surface area contributed by atoms with E-state index in [1.54, 1.807) is 6.07 Å². The molecule has 5 nitrogen and oxygen atoms in total. The Morgan fingerprint density at radius 2 is 2.10 bits per heavy atom. The highest BCUT2D eigenvalue weighted by Crippen LogP contribution is 2.34. The van der Waals surface area contributed by atoms with Gasteiger partial charge in [-0.1, -0.05) is 30.1 Å². The van der Waals surface area contributed by atoms with Crippen LogP contribution in [0.3, 0.4) is 0 Å². The quantitative estimate of drug-likeness (QED) is 0.841. The van der Waals surface area contributed by atoms with Crippen molar-refractivity contribution in [3.05, 3.63) is 27.7 Å². The van der Waals surface area contributed by atoms with E-state index in [2.05, 4.69) is 5.32 Å². The molecule has 2 atom stereocenters. The van der Waals surface area contributed by atoms with Crippen molar-refractivity contribution in [2.45, 2.75) is 25.7 Å². The zero-order chi connectivity index (χ0) is 15.6. The van der Waals surface area contributed by atoms with Crippen LogP contribution in [0, 0.1) is 0 Å². The Balaban J connectivity index is 2.26. The highest BCUT2D eigenvalue weighted by atomic mass is 35.5. The maximum absolute atomic E-state index is 11.5. The van der Waals surface area contributed by atoms with Gasteiger partial charge in [0, 0.05) is 17.1 Å². The van der Waals surface area contributed by atoms with Crippen LogP contribution in [0.2, 0.25) is 10.0 Å². The van der Waals surface area contributed by atoms with Gasteiger partial charge in [0.1, 0.15) is 18.0 Å². The Hall–Kier alpha value is -0.530. The number of sulfone groups is 1. The smallest absolute Gasteiger partial charge is 0.156 e. The Morgan fingerprint density at radius 3 is 2.67 bits per heavy atom. The molecule has 0 radical (unpaired) electrons. The third kappa shape index (κ3) is 4.23. The van der Waals surface area contributed by atoms with Crippen LogP contribution in [-0.4, -0.2) is 43.8 Å². The zero-order valence-corrected chi connectivity index (χ0v) is 13.8. The topological polar surface area (TPSA) is 75.6 Å². The van der Waals surface area contributed by atoms with Gasteiger partial charge in [0.05, 0.1) is 16.5 Å². The van der Waals surface area contributed by atoms with Crippen molar-refractivity contribution in [2.24, 2.45) is 0 Å². The number of nitrogens with one attached hydrogen (secondary N) is 1. The number of benzene rings is 1. The molecule has 2 N–H and O–H groups in total. The molecule has 0 aliphatic carbocycles. The molecule has 1 fully saturated rings. The van der Waals surface area contributed by atoms with Gasteiger partial charge < -0.3 is 15.2 Å². The second-order valence-corrected chi connectivity index (χ2v) is 7.95. The van der Waals surface area contributed by atoms with Crippen LogP contribution in [0.5, 0.6) is 5.75 Å². The molecule has 0 aromatic heterocycles. The van der Waals surface area contributed by atoms with Crippen LogP contribution in [0.15, 0.2) is 12.1 Å². The molecule has 1 heterocycles. The summed E-state index contributed by atoms with van der Waals surface area (Å²) in [7, 11) is -3.28. The molecule has 1 aliphatic heterocycles. The van der Waals surface area contributed by atoms with Gasteiger partial charge in [-0.15, -0.1) is 0 Å². The maximum Gasteiger partial charge on any atom is 0.156 e. The van der Waals surface area contributed by atoms with Gasteiger partial charge in [0.15, 0.2) is 9.84 Å². The normalized spacial score (nSPS) is 24.2. The van der Waals surface area contributed by atoms with E-state index < -0.39 is 22.0 Å². The fourth-order valence-electron chi connectivity index (χ4n) is 2.20. The number of aliphatic hydroxyl groups excluding tert-OH is 1. The molecule has 1 aromatic carbocycles. The van der Waals surface area contributed by atoms with Crippen molar-refractivity contribution in [2.75, 3.05) is 18.1 Å². The molecule has 0 amide bonds. The minimum atomic E-state index is -3.28. The fourth-order valence-corrected chi connectivity index (χ4v) is 4.44. The summed E-state index contributed by atoms with van der Waals surface area (Å²) in [5.41, 5.74) is 0.728. The van der Waals surface area contributed by atoms with Crippen molar-refractivity contribution in [3.63, 3.8) is 0 Å². The summed E-state index contributed by atoms with van der Waals surface area (Å²) in [5, 5.41) is 13.7. The summed E-state index contributed by atoms with van der Waals surface area (Å²) < 4.78 is 28.7. The van der Waals surface area contributed by atoms with Crippen LogP contribution < -0.4 is 10.1 Å². The Labute approximate surface area is 134 Å². The first kappa shape index (κ1) is 16.8. The van der Waals surface area contributed by atoms with E-state index in [-0.39, 0.29) is 11.5 Å². The molecule has 1 saturated heterocycles. The largest absolute Gasteiger partial charge is 0.485 e. The highest BCUT2D eigenvalue weighted by molar-refractivity contribution is 7.91. The predicted molar refractivity (Wildman–Crippen MR) is 82.9 cm³/mol. The van der Waals surface area contributed by atoms with Crippen LogP contribution in [0.1, 0.15) is 12.5 Å². The van der Waals surface area contributed by atoms with Gasteiger partial charge in [-0.05, 0) is 18.7 Å². The second-order valence-electron chi connectivity index (χ2n) is 4.96. The third-order valence-corrected chi connectivity index (χ3v) is 5.38. The Morgan fingerprint density at radius 1 is 1.38 bits per heavy atom. The average molecular weight is 354 g/mol. The van der Waals surface area contributed by atoms with Crippen molar-refractivity contribution >= 4 is 33.0 Å². The summed E-state index contributed by atoms with van der Waals surface area (Å²) in [6.07, 6.45) is -1.86. The molecule has 0 bridgehead atoms. The standard InChI is InChI=1S/C13H17Cl2NO4S/c1-2-16-5-8-3-9(14)4-10(15)13(8)20-12-7-21(18,19)6-11(12)17/h3-4,11-12,16-17H,2,5-7H2,1H3. The van der Waals surface area contributed by atoms with Gasteiger partial charge in [-0.2, -0.15) is 0 Å². The molecule has 8 heteroatoms. The number of aliphatic hydroxyl groups is 1. The molecular weight excluding hydrogens is 337 g/mol. The minimum absolute atomic E-state index is 0.215. The Kier molecular flexibility index (Phi) is 5.38. The number of ether oxygens (including phenoxy) is 1. The lowest BCUT2D eigenvalue weighted by Gasteiger charge is -2.20. The van der Waals surface area contributed by atoms with Gasteiger partial charge in [-0.3, -0.25) is 0 Å². The first-order chi connectivity index (χ1) is 9.82. The molecule has 118 valence electrons. The van der Waals surface area contributed by atoms with E-state index in [9.17, 15) is 13.5 Å². The van der Waals surface area contributed by atoms with Crippen molar-refractivity contribution in [1.29, 1.82) is 0 Å². The fraction of sp³-hybridized carbons (Fsp3) is 0.538. The van der Waals surface area contributed by atoms with Crippen molar-refractivity contribution in [3.8, 4) is 5.75 Å². The number of halogens is 2. The first-order valence-corrected chi connectivity index (χ1v) is 9.14. The van der Waals surface area contributed by atoms with E-state index in [0.717, 1.165) is 12.1 Å². The van der Waals surface area contributed by atoms with Crippen LogP contribution in [0.4, 0.5) is 0 Å². The van der Waals surface area contributed by atoms with Gasteiger partial charge in [0.25, 0.3) is 0 Å². The van der Waals surface area contributed by atoms with E-state index >= 15 is 0 Å². The molecule has 0 saturated carbocycles. The van der Waals surface area contributed by atoms with Crippen LogP contribution >= 0.6 is 23.2 Å². The lowest BCUT2D eigenvalue weighted by Crippen LogP contribution is -2.30. The highest BCUT2D eigenvalue weighted by Gasteiger charge is 2.38. The summed E-state index contributed by atoms with van der Waals surface area (Å²) in [5.74, 6) is -0.137. The lowest BCUT2D eigenvalue weighted by atomic mass is 10.2. The van der Waals surface area contributed by atoms with E-state index in [1.807, 2.05) is 6.92 Å². The summed E-state index contributed by atoms with van der Waals surface area (Å²) in [6, 6.07) is 3.24. The maximum atomic E-state index is 11.5. The molecule has 2 rings (SSSR count). The van der Waals surface area contributed by atoms with Gasteiger partial charge in [-0.25, -0.2) is 8.42 Å². The number of hydrogen-bond acceptors (Lipinski definition) is 5. The molecule has 21 heavy (non-hydrogen) atoms. The zero-order valence-electron chi connectivity index (χ0n) is 11.5. The summed E-state index contributed by atoms with van der Waals surface area (Å²) >= 11 is 12.1. The van der Waals surface area contributed by atoms with Gasteiger partial charge in [0.2, 0.25) is 0 Å². The van der Waals surface area contributed by atoms with Crippen molar-refractivity contribution in [1.82, 2.24) is 5.32 Å². The summed E-state index contributed by atoms with van der Waals surface area (Å²) in [6.45, 7) is 3.20. The predicted octanol–water partition coefficient (Wildman–Crippen LogP) is 1.64. The monoisotopic (exact) mass is 353 g/mol. The Bertz CT molecular complexity index is 621. The molecule has 1 aromatic rings. The van der Waals surface area contributed by atoms with Crippen LogP contribution in [0.25, 0.3) is 0 Å². The van der Waals surface area contributed by atoms with Crippen LogP contribution in [-0.2, 0) is 16.4 Å². The van der Waals surface area contributed by atoms with Crippen molar-refractivity contribution < 1.29 is 18.3 Å². The first-order valence-electron chi connectivity index (χ1n) is 6.56. The number of hydrogen-bond donors (Lipinski definition) is 2. The lowest BCUT2D eigenvalue weighted by molar-refractivity contribution is 0.0731. The van der Waals surface area contributed by atoms with Gasteiger partial charge >= 0.3 is 0 Å². The van der Waals surface area contributed by atoms with E-state index in [0.29, 0.717) is 22.3 Å². The molecule has 2 unspecified atom stereocenters. The summed E-state index contributed by atoms with van der Waals surface area (Å²) in [4.78, 5) is 0. The van der Waals surface area contributed by atoms with E-state index in [1.165, 1.54) is 6.07 Å². The average Bonchev–Trinajstić information content (AvgIpc) is 2.63. The number of rotatable bonds is 5. The third-order valence-electron chi connectivity index (χ3n) is 3.19. The van der Waals surface area contributed by atoms with E-state index in [4.69, 9.17) is 27.9 Å². The SMILES string of the molecule is CCNCc1cc(Cl)cc(Cl)c1OC1CS(=O)(=O)CC1O.